The van der Waals surface area contributed by atoms with E-state index in [1.54, 1.807) is 14.2 Å². The second-order valence-electron chi connectivity index (χ2n) is 3.33. The summed E-state index contributed by atoms with van der Waals surface area (Å²) < 4.78 is 29.8. The number of aliphatic hydroxyl groups excluding tert-OH is 2. The summed E-state index contributed by atoms with van der Waals surface area (Å²) in [6.07, 6.45) is 0.925. The van der Waals surface area contributed by atoms with Gasteiger partial charge in [-0.05, 0) is 0 Å². The molecular weight excluding hydrogens is 282 g/mol. The Bertz CT molecular complexity index is 343. The fourth-order valence-corrected chi connectivity index (χ4v) is 5.30. The lowest BCUT2D eigenvalue weighted by Gasteiger charge is -2.26. The predicted octanol–water partition coefficient (Wildman–Crippen LogP) is 1.29. The number of nitrogens with zero attached hydrogens (tertiary/aromatic N) is 2. The van der Waals surface area contributed by atoms with Crippen LogP contribution in [0.15, 0.2) is 9.49 Å². The van der Waals surface area contributed by atoms with E-state index in [-0.39, 0.29) is 0 Å². The number of aliphatic hydroxyl groups is 2. The molecule has 0 amide bonds. The molecule has 108 valence electrons. The monoisotopic (exact) mass is 302 g/mol. The molecule has 0 fully saturated rings. The second kappa shape index (κ2) is 7.72. The Kier molecular flexibility index (Phi) is 6.98. The van der Waals surface area contributed by atoms with E-state index in [0.29, 0.717) is 25.4 Å². The zero-order valence-electron chi connectivity index (χ0n) is 10.6. The highest BCUT2D eigenvalue weighted by atomic mass is 31.2. The lowest BCUT2D eigenvalue weighted by atomic mass is 10.8. The molecule has 1 rings (SSSR count). The minimum absolute atomic E-state index is 0.391. The molecule has 0 atom stereocenters. The SMILES string of the molecule is COP1(OC)=NCCP(OCO)(OCO)=NCC1. The van der Waals surface area contributed by atoms with Crippen LogP contribution in [0.2, 0.25) is 0 Å². The molecule has 0 aliphatic carbocycles. The van der Waals surface area contributed by atoms with E-state index < -0.39 is 28.6 Å². The van der Waals surface area contributed by atoms with Crippen molar-refractivity contribution < 1.29 is 28.3 Å². The highest BCUT2D eigenvalue weighted by molar-refractivity contribution is 7.57. The van der Waals surface area contributed by atoms with E-state index in [1.165, 1.54) is 0 Å². The summed E-state index contributed by atoms with van der Waals surface area (Å²) in [5, 5.41) is 17.8. The van der Waals surface area contributed by atoms with Gasteiger partial charge in [-0.3, -0.25) is 18.5 Å². The molecule has 1 heterocycles. The lowest BCUT2D eigenvalue weighted by molar-refractivity contribution is 0.0523. The van der Waals surface area contributed by atoms with Crippen molar-refractivity contribution in [2.75, 3.05) is 53.2 Å². The molecule has 0 spiro atoms. The van der Waals surface area contributed by atoms with E-state index in [1.807, 2.05) is 0 Å². The van der Waals surface area contributed by atoms with Crippen LogP contribution in [0, 0.1) is 0 Å². The molecule has 0 radical (unpaired) electrons. The topological polar surface area (TPSA) is 102 Å². The van der Waals surface area contributed by atoms with Crippen LogP contribution < -0.4 is 0 Å². The van der Waals surface area contributed by atoms with E-state index in [4.69, 9.17) is 28.3 Å². The lowest BCUT2D eigenvalue weighted by Crippen LogP contribution is -2.10. The molecule has 0 saturated carbocycles. The second-order valence-corrected chi connectivity index (χ2v) is 8.59. The molecule has 0 saturated heterocycles. The first-order valence-corrected chi connectivity index (χ1v) is 8.95. The van der Waals surface area contributed by atoms with Crippen LogP contribution in [0.3, 0.4) is 0 Å². The van der Waals surface area contributed by atoms with Gasteiger partial charge in [0.05, 0.1) is 25.4 Å². The predicted molar refractivity (Wildman–Crippen MR) is 68.5 cm³/mol. The van der Waals surface area contributed by atoms with Gasteiger partial charge in [0.2, 0.25) is 15.0 Å². The van der Waals surface area contributed by atoms with Gasteiger partial charge in [-0.1, -0.05) is 0 Å². The summed E-state index contributed by atoms with van der Waals surface area (Å²) in [4.78, 5) is 0. The maximum absolute atomic E-state index is 8.88. The summed E-state index contributed by atoms with van der Waals surface area (Å²) in [6.45, 7) is -0.197. The van der Waals surface area contributed by atoms with Crippen LogP contribution in [0.4, 0.5) is 0 Å². The zero-order valence-corrected chi connectivity index (χ0v) is 12.3. The van der Waals surface area contributed by atoms with Gasteiger partial charge in [0.25, 0.3) is 0 Å². The Labute approximate surface area is 107 Å². The van der Waals surface area contributed by atoms with Crippen molar-refractivity contribution in [3.8, 4) is 0 Å². The first-order valence-electron chi connectivity index (χ1n) is 5.42. The summed E-state index contributed by atoms with van der Waals surface area (Å²) in [5.41, 5.74) is 0. The fourth-order valence-electron chi connectivity index (χ4n) is 1.59. The zero-order chi connectivity index (χ0) is 13.5. The van der Waals surface area contributed by atoms with Crippen molar-refractivity contribution in [1.82, 2.24) is 0 Å². The first-order chi connectivity index (χ1) is 8.66. The average Bonchev–Trinajstić information content (AvgIpc) is 2.35. The van der Waals surface area contributed by atoms with Gasteiger partial charge in [-0.25, -0.2) is 0 Å². The standard InChI is InChI=1S/C8H20N2O6P2/c1-13-17(14-2)5-3-10-18(15-7-11,16-8-12)6-4-9-17/h11-12H,3-8H2,1-2H3. The van der Waals surface area contributed by atoms with Crippen LogP contribution in [-0.4, -0.2) is 63.4 Å². The van der Waals surface area contributed by atoms with E-state index in [2.05, 4.69) is 9.49 Å². The summed E-state index contributed by atoms with van der Waals surface area (Å²) >= 11 is 0. The Morgan fingerprint density at radius 3 is 1.78 bits per heavy atom. The fraction of sp³-hybridized carbons (Fsp3) is 1.00. The Balaban J connectivity index is 2.85. The van der Waals surface area contributed by atoms with Crippen molar-refractivity contribution in [2.24, 2.45) is 9.49 Å². The third kappa shape index (κ3) is 4.11. The Morgan fingerprint density at radius 1 is 0.889 bits per heavy atom. The van der Waals surface area contributed by atoms with Gasteiger partial charge in [-0.2, -0.15) is 0 Å². The number of hydrogen-bond acceptors (Lipinski definition) is 8. The van der Waals surface area contributed by atoms with Crippen molar-refractivity contribution in [3.05, 3.63) is 0 Å². The highest BCUT2D eigenvalue weighted by Gasteiger charge is 2.26. The van der Waals surface area contributed by atoms with Crippen molar-refractivity contribution >= 4 is 15.0 Å². The first kappa shape index (κ1) is 16.3. The summed E-state index contributed by atoms with van der Waals surface area (Å²) in [5.74, 6) is 0. The number of hydrogen-bond donors (Lipinski definition) is 2. The van der Waals surface area contributed by atoms with Crippen LogP contribution >= 0.6 is 15.0 Å². The van der Waals surface area contributed by atoms with Gasteiger partial charge in [-0.15, -0.1) is 0 Å². The molecule has 2 N–H and O–H groups in total. The minimum atomic E-state index is -2.60. The Hall–Kier alpha value is 0.220. The van der Waals surface area contributed by atoms with Gasteiger partial charge >= 0.3 is 0 Å². The van der Waals surface area contributed by atoms with Crippen molar-refractivity contribution in [1.29, 1.82) is 0 Å². The van der Waals surface area contributed by atoms with Crippen LogP contribution in [0.25, 0.3) is 0 Å². The molecule has 0 aromatic rings. The van der Waals surface area contributed by atoms with Crippen molar-refractivity contribution in [3.63, 3.8) is 0 Å². The smallest absolute Gasteiger partial charge is 0.218 e. The van der Waals surface area contributed by atoms with E-state index in [9.17, 15) is 0 Å². The highest BCUT2D eigenvalue weighted by Crippen LogP contribution is 2.56. The summed E-state index contributed by atoms with van der Waals surface area (Å²) in [6, 6.07) is 0. The van der Waals surface area contributed by atoms with E-state index in [0.717, 1.165) is 0 Å². The molecule has 0 unspecified atom stereocenters. The van der Waals surface area contributed by atoms with Crippen molar-refractivity contribution in [2.45, 2.75) is 0 Å². The van der Waals surface area contributed by atoms with Gasteiger partial charge in [0.1, 0.15) is 0 Å². The number of rotatable bonds is 6. The third-order valence-electron chi connectivity index (χ3n) is 2.49. The third-order valence-corrected chi connectivity index (χ3v) is 7.46. The molecule has 0 aromatic carbocycles. The molecule has 1 aliphatic heterocycles. The quantitative estimate of drug-likeness (QED) is 0.566. The average molecular weight is 302 g/mol. The molecule has 0 aromatic heterocycles. The Morgan fingerprint density at radius 2 is 1.33 bits per heavy atom. The molecule has 0 bridgehead atoms. The largest absolute Gasteiger partial charge is 0.370 e. The van der Waals surface area contributed by atoms with Gasteiger partial charge in [0.15, 0.2) is 13.6 Å². The van der Waals surface area contributed by atoms with Crippen LogP contribution in [-0.2, 0) is 18.1 Å². The van der Waals surface area contributed by atoms with Crippen LogP contribution in [0.1, 0.15) is 0 Å². The molecular formula is C8H20N2O6P2. The molecule has 8 nitrogen and oxygen atoms in total. The molecule has 1 aliphatic rings. The molecule has 18 heavy (non-hydrogen) atoms. The van der Waals surface area contributed by atoms with E-state index >= 15 is 0 Å². The molecule has 10 heteroatoms. The normalized spacial score (nSPS) is 22.4. The van der Waals surface area contributed by atoms with Gasteiger partial charge in [0, 0.05) is 14.2 Å². The van der Waals surface area contributed by atoms with Crippen LogP contribution in [0.5, 0.6) is 0 Å². The minimum Gasteiger partial charge on any atom is -0.370 e. The maximum Gasteiger partial charge on any atom is 0.218 e. The maximum atomic E-state index is 8.88. The van der Waals surface area contributed by atoms with Gasteiger partial charge < -0.3 is 19.3 Å². The summed E-state index contributed by atoms with van der Waals surface area (Å²) in [7, 11) is -1.67.